The molecule has 0 fully saturated rings. The van der Waals surface area contributed by atoms with Crippen molar-refractivity contribution in [1.29, 1.82) is 0 Å². The van der Waals surface area contributed by atoms with Gasteiger partial charge in [-0.3, -0.25) is 0 Å². The van der Waals surface area contributed by atoms with Gasteiger partial charge in [0.15, 0.2) is 0 Å². The zero-order chi connectivity index (χ0) is 32.3. The minimum atomic E-state index is -0.946. The lowest BCUT2D eigenvalue weighted by molar-refractivity contribution is -0.693. The van der Waals surface area contributed by atoms with Gasteiger partial charge in [0.25, 0.3) is 0 Å². The summed E-state index contributed by atoms with van der Waals surface area (Å²) in [4.78, 5) is 0. The molecule has 43 heavy (non-hydrogen) atoms. The predicted molar refractivity (Wildman–Crippen MR) is 195 cm³/mol. The Hall–Kier alpha value is -1.14. The summed E-state index contributed by atoms with van der Waals surface area (Å²) in [5, 5.41) is 0. The summed E-state index contributed by atoms with van der Waals surface area (Å²) in [7, 11) is -0.946. The Labute approximate surface area is 270 Å². The lowest BCUT2D eigenvalue weighted by Crippen LogP contribution is -2.42. The van der Waals surface area contributed by atoms with E-state index in [0.29, 0.717) is 12.0 Å². The Balaban J connectivity index is 2.39. The van der Waals surface area contributed by atoms with E-state index in [4.69, 9.17) is 0 Å². The summed E-state index contributed by atoms with van der Waals surface area (Å²) in [6, 6.07) is 10.6. The monoisotopic (exact) mass is 613 g/mol. The first-order valence-corrected chi connectivity index (χ1v) is 20.7. The van der Waals surface area contributed by atoms with Gasteiger partial charge >= 0.3 is 0 Å². The van der Waals surface area contributed by atoms with Crippen LogP contribution in [0.4, 0.5) is 0 Å². The molecule has 2 nitrogen and oxygen atoms in total. The van der Waals surface area contributed by atoms with E-state index in [1.54, 1.807) is 5.56 Å². The van der Waals surface area contributed by atoms with Crippen LogP contribution in [-0.4, -0.2) is 23.1 Å². The molecule has 0 saturated carbocycles. The van der Waals surface area contributed by atoms with Gasteiger partial charge in [0.2, 0.25) is 6.33 Å². The summed E-state index contributed by atoms with van der Waals surface area (Å²) in [6.07, 6.45) is 24.6. The summed E-state index contributed by atoms with van der Waals surface area (Å²) < 4.78 is 4.83. The maximum atomic E-state index is 2.55. The number of aromatic nitrogens is 2. The third kappa shape index (κ3) is 10.4. The molecule has 0 aliphatic carbocycles. The highest BCUT2D eigenvalue weighted by Gasteiger charge is 2.48. The second kappa shape index (κ2) is 17.0. The van der Waals surface area contributed by atoms with Crippen molar-refractivity contribution in [3.63, 3.8) is 0 Å². The maximum Gasteiger partial charge on any atom is 0.243 e. The highest BCUT2D eigenvalue weighted by Crippen LogP contribution is 2.63. The van der Waals surface area contributed by atoms with Crippen LogP contribution in [-0.2, 0) is 12.7 Å². The van der Waals surface area contributed by atoms with Crippen molar-refractivity contribution in [2.45, 2.75) is 166 Å². The third-order valence-corrected chi connectivity index (χ3v) is 16.0. The fraction of sp³-hybridized carbons (Fsp3) is 0.775. The SMILES string of the molecule is CCCC[P+](CCCC)(CCCC)Cc1ccc(C(CC(C)(C)C(C)(C)C(CCC)n2cc[n+](CC)c2)C(C)(C)C)cc1. The van der Waals surface area contributed by atoms with Crippen LogP contribution in [0.15, 0.2) is 43.0 Å². The van der Waals surface area contributed by atoms with Gasteiger partial charge in [0.1, 0.15) is 18.4 Å². The zero-order valence-corrected chi connectivity index (χ0v) is 31.8. The van der Waals surface area contributed by atoms with Gasteiger partial charge in [-0.05, 0) is 66.9 Å². The van der Waals surface area contributed by atoms with Crippen molar-refractivity contribution >= 4 is 7.26 Å². The largest absolute Gasteiger partial charge is 0.243 e. The van der Waals surface area contributed by atoms with Gasteiger partial charge in [-0.1, -0.05) is 126 Å². The highest BCUT2D eigenvalue weighted by atomic mass is 31.2. The maximum absolute atomic E-state index is 2.55. The summed E-state index contributed by atoms with van der Waals surface area (Å²) in [5.74, 6) is 0.517. The number of imidazole rings is 1. The van der Waals surface area contributed by atoms with Crippen LogP contribution >= 0.6 is 7.26 Å². The van der Waals surface area contributed by atoms with Crippen molar-refractivity contribution in [3.8, 4) is 0 Å². The van der Waals surface area contributed by atoms with Crippen molar-refractivity contribution in [1.82, 2.24) is 4.57 Å². The van der Waals surface area contributed by atoms with Crippen LogP contribution in [0.1, 0.15) is 164 Å². The molecular weight excluding hydrogens is 539 g/mol. The Morgan fingerprint density at radius 1 is 0.744 bits per heavy atom. The smallest absolute Gasteiger partial charge is 0.237 e. The van der Waals surface area contributed by atoms with Gasteiger partial charge in [0, 0.05) is 12.7 Å². The Bertz CT molecular complexity index is 1020. The molecule has 1 aromatic heterocycles. The van der Waals surface area contributed by atoms with Gasteiger partial charge in [0.05, 0.1) is 31.2 Å². The van der Waals surface area contributed by atoms with Gasteiger partial charge in [-0.2, -0.15) is 0 Å². The molecule has 0 aliphatic heterocycles. The van der Waals surface area contributed by atoms with Gasteiger partial charge in [-0.15, -0.1) is 0 Å². The van der Waals surface area contributed by atoms with Crippen LogP contribution in [0.2, 0.25) is 0 Å². The van der Waals surface area contributed by atoms with Crippen molar-refractivity contribution in [3.05, 3.63) is 54.1 Å². The average Bonchev–Trinajstić information content (AvgIpc) is 3.44. The lowest BCUT2D eigenvalue weighted by atomic mass is 9.57. The first-order chi connectivity index (χ1) is 20.2. The number of aryl methyl sites for hydroxylation is 1. The summed E-state index contributed by atoms with van der Waals surface area (Å²) in [6.45, 7) is 30.3. The van der Waals surface area contributed by atoms with E-state index >= 15 is 0 Å². The molecule has 2 unspecified atom stereocenters. The molecule has 246 valence electrons. The van der Waals surface area contributed by atoms with Gasteiger partial charge < -0.3 is 0 Å². The normalized spacial score (nSPS) is 14.7. The van der Waals surface area contributed by atoms with Gasteiger partial charge in [-0.25, -0.2) is 9.13 Å². The second-order valence-corrected chi connectivity index (χ2v) is 20.5. The minimum Gasteiger partial charge on any atom is -0.237 e. The quantitative estimate of drug-likeness (QED) is 0.104. The fourth-order valence-electron chi connectivity index (χ4n) is 7.38. The van der Waals surface area contributed by atoms with Crippen LogP contribution in [0.5, 0.6) is 0 Å². The number of unbranched alkanes of at least 4 members (excludes halogenated alkanes) is 3. The van der Waals surface area contributed by atoms with Crippen molar-refractivity contribution in [2.75, 3.05) is 18.5 Å². The van der Waals surface area contributed by atoms with Crippen LogP contribution in [0.25, 0.3) is 0 Å². The Morgan fingerprint density at radius 3 is 1.70 bits per heavy atom. The fourth-order valence-corrected chi connectivity index (χ4v) is 12.5. The van der Waals surface area contributed by atoms with E-state index in [9.17, 15) is 0 Å². The minimum absolute atomic E-state index is 0.138. The number of nitrogens with zero attached hydrogens (tertiary/aromatic N) is 2. The summed E-state index contributed by atoms with van der Waals surface area (Å²) in [5.41, 5.74) is 3.64. The second-order valence-electron chi connectivity index (χ2n) is 16.2. The number of rotatable bonds is 20. The Kier molecular flexibility index (Phi) is 15.0. The van der Waals surface area contributed by atoms with E-state index in [1.807, 2.05) is 0 Å². The van der Waals surface area contributed by atoms with Crippen LogP contribution in [0.3, 0.4) is 0 Å². The molecule has 1 aromatic carbocycles. The molecule has 2 aromatic rings. The van der Waals surface area contributed by atoms with Crippen LogP contribution in [0, 0.1) is 16.2 Å². The van der Waals surface area contributed by atoms with E-state index in [0.717, 1.165) is 6.54 Å². The molecule has 2 rings (SSSR count). The van der Waals surface area contributed by atoms with Crippen LogP contribution < -0.4 is 4.57 Å². The molecule has 0 radical (unpaired) electrons. The van der Waals surface area contributed by atoms with Crippen molar-refractivity contribution < 1.29 is 4.57 Å². The molecule has 3 heteroatoms. The first kappa shape index (κ1) is 38.0. The highest BCUT2D eigenvalue weighted by molar-refractivity contribution is 7.75. The molecule has 0 saturated heterocycles. The predicted octanol–water partition coefficient (Wildman–Crippen LogP) is 12.3. The standard InChI is InChI=1S/C40H73N2P/c1-13-18-28-43(29-19-14-2,30-20-15-3)32-34-22-24-35(25-23-34)36(38(6,7)8)31-39(9,10)40(11,12)37(21-16-4)42-27-26-41(17-5)33-42/h22-27,33,36-37H,13-21,28-32H2,1-12H3/q+2. The number of benzene rings is 1. The molecule has 0 aliphatic rings. The third-order valence-electron chi connectivity index (χ3n) is 11.2. The van der Waals surface area contributed by atoms with E-state index in [1.165, 1.54) is 88.0 Å². The topological polar surface area (TPSA) is 8.81 Å². The molecule has 0 spiro atoms. The molecule has 0 N–H and O–H groups in total. The molecule has 2 atom stereocenters. The first-order valence-electron chi connectivity index (χ1n) is 18.2. The Morgan fingerprint density at radius 2 is 1.28 bits per heavy atom. The average molecular weight is 613 g/mol. The molecule has 0 bridgehead atoms. The van der Waals surface area contributed by atoms with E-state index < -0.39 is 7.26 Å². The zero-order valence-electron chi connectivity index (χ0n) is 30.9. The number of hydrogen-bond donors (Lipinski definition) is 0. The lowest BCUT2D eigenvalue weighted by Gasteiger charge is -2.49. The molecule has 0 amide bonds. The van der Waals surface area contributed by atoms with E-state index in [-0.39, 0.29) is 16.2 Å². The summed E-state index contributed by atoms with van der Waals surface area (Å²) >= 11 is 0. The van der Waals surface area contributed by atoms with E-state index in [2.05, 4.69) is 135 Å². The van der Waals surface area contributed by atoms with Crippen molar-refractivity contribution in [2.24, 2.45) is 16.2 Å². The number of hydrogen-bond acceptors (Lipinski definition) is 0. The molecule has 1 heterocycles. The molecular formula is C40H73N2P+2.